The SMILES string of the molecule is COC(=O)c1cc(F)c(-c2cccc3c2OCN(C(=O)c2c(Cl)cc(N4CC(C)NCC4C)cc2Cl)C3)cc1N1C2CCC1COC2. The summed E-state index contributed by atoms with van der Waals surface area (Å²) in [5.41, 5.74) is 3.41. The number of rotatable bonds is 5. The van der Waals surface area contributed by atoms with E-state index in [2.05, 4.69) is 29.0 Å². The zero-order chi connectivity index (χ0) is 33.0. The van der Waals surface area contributed by atoms with Crippen molar-refractivity contribution in [1.82, 2.24) is 10.2 Å². The minimum absolute atomic E-state index is 0.0774. The van der Waals surface area contributed by atoms with Gasteiger partial charge in [-0.15, -0.1) is 0 Å². The number of nitrogens with one attached hydrogen (secondary N) is 1. The molecular formula is C35H37Cl2FN4O5. The second kappa shape index (κ2) is 12.8. The molecule has 4 heterocycles. The molecule has 4 aliphatic rings. The van der Waals surface area contributed by atoms with Crippen molar-refractivity contribution in [3.8, 4) is 16.9 Å². The first-order chi connectivity index (χ1) is 22.6. The summed E-state index contributed by atoms with van der Waals surface area (Å²) in [6.07, 6.45) is 1.85. The van der Waals surface area contributed by atoms with Crippen LogP contribution in [-0.4, -0.2) is 81.1 Å². The molecule has 0 spiro atoms. The van der Waals surface area contributed by atoms with E-state index < -0.39 is 11.8 Å². The molecule has 4 unspecified atom stereocenters. The lowest BCUT2D eigenvalue weighted by Crippen LogP contribution is -2.54. The lowest BCUT2D eigenvalue weighted by Gasteiger charge is -2.39. The Hall–Kier alpha value is -3.57. The highest BCUT2D eigenvalue weighted by Crippen LogP contribution is 2.43. The average molecular weight is 684 g/mol. The first-order valence-electron chi connectivity index (χ1n) is 16.0. The van der Waals surface area contributed by atoms with Crippen molar-refractivity contribution in [1.29, 1.82) is 0 Å². The number of para-hydroxylation sites is 1. The van der Waals surface area contributed by atoms with Crippen molar-refractivity contribution in [2.24, 2.45) is 0 Å². The molecule has 0 aliphatic carbocycles. The number of halogens is 3. The molecule has 7 rings (SSSR count). The summed E-state index contributed by atoms with van der Waals surface area (Å²) in [7, 11) is 1.29. The van der Waals surface area contributed by atoms with Crippen molar-refractivity contribution in [2.75, 3.05) is 49.9 Å². The number of carbonyl (C=O) groups excluding carboxylic acids is 2. The fourth-order valence-corrected chi connectivity index (χ4v) is 8.00. The number of benzene rings is 3. The normalized spacial score (nSPS) is 23.7. The molecule has 4 aliphatic heterocycles. The van der Waals surface area contributed by atoms with Gasteiger partial charge in [0.25, 0.3) is 5.91 Å². The van der Waals surface area contributed by atoms with Crippen molar-refractivity contribution < 1.29 is 28.2 Å². The summed E-state index contributed by atoms with van der Waals surface area (Å²) in [6.45, 7) is 7.10. The van der Waals surface area contributed by atoms with E-state index in [0.29, 0.717) is 47.4 Å². The smallest absolute Gasteiger partial charge is 0.340 e. The molecule has 2 bridgehead atoms. The Balaban J connectivity index is 1.18. The van der Waals surface area contributed by atoms with Gasteiger partial charge < -0.3 is 34.2 Å². The molecule has 0 aromatic heterocycles. The van der Waals surface area contributed by atoms with Crippen LogP contribution >= 0.6 is 23.2 Å². The number of nitrogens with zero attached hydrogens (tertiary/aromatic N) is 3. The second-order valence-corrected chi connectivity index (χ2v) is 13.7. The van der Waals surface area contributed by atoms with Crippen molar-refractivity contribution in [3.63, 3.8) is 0 Å². The monoisotopic (exact) mass is 682 g/mol. The van der Waals surface area contributed by atoms with Gasteiger partial charge in [-0.3, -0.25) is 4.79 Å². The van der Waals surface area contributed by atoms with Crippen LogP contribution in [0.4, 0.5) is 15.8 Å². The number of fused-ring (bicyclic) bond motifs is 3. The average Bonchev–Trinajstić information content (AvgIpc) is 3.31. The molecule has 0 radical (unpaired) electrons. The number of esters is 1. The van der Waals surface area contributed by atoms with Crippen LogP contribution in [0.3, 0.4) is 0 Å². The summed E-state index contributed by atoms with van der Waals surface area (Å²) in [4.78, 5) is 32.6. The lowest BCUT2D eigenvalue weighted by atomic mass is 9.96. The van der Waals surface area contributed by atoms with Gasteiger partial charge in [-0.1, -0.05) is 41.4 Å². The maximum Gasteiger partial charge on any atom is 0.340 e. The van der Waals surface area contributed by atoms with Crippen LogP contribution < -0.4 is 19.9 Å². The van der Waals surface area contributed by atoms with Gasteiger partial charge in [0.1, 0.15) is 11.6 Å². The van der Waals surface area contributed by atoms with Gasteiger partial charge in [0, 0.05) is 47.6 Å². The Morgan fingerprint density at radius 1 is 1.02 bits per heavy atom. The van der Waals surface area contributed by atoms with Gasteiger partial charge in [0.05, 0.1) is 65.8 Å². The molecule has 3 saturated heterocycles. The van der Waals surface area contributed by atoms with Crippen LogP contribution in [0.1, 0.15) is 53.0 Å². The molecule has 9 nitrogen and oxygen atoms in total. The molecule has 3 aromatic rings. The van der Waals surface area contributed by atoms with Gasteiger partial charge in [-0.25, -0.2) is 9.18 Å². The number of morpholine rings is 1. The van der Waals surface area contributed by atoms with Crippen LogP contribution in [0.5, 0.6) is 5.75 Å². The van der Waals surface area contributed by atoms with Gasteiger partial charge in [0.2, 0.25) is 0 Å². The zero-order valence-corrected chi connectivity index (χ0v) is 28.0. The number of anilines is 2. The highest BCUT2D eigenvalue weighted by Gasteiger charge is 2.40. The van der Waals surface area contributed by atoms with Crippen LogP contribution in [-0.2, 0) is 16.0 Å². The maximum absolute atomic E-state index is 15.9. The van der Waals surface area contributed by atoms with Crippen molar-refractivity contribution in [2.45, 2.75) is 57.4 Å². The topological polar surface area (TPSA) is 83.6 Å². The Morgan fingerprint density at radius 2 is 1.74 bits per heavy atom. The van der Waals surface area contributed by atoms with Crippen molar-refractivity contribution in [3.05, 3.63) is 75.0 Å². The minimum atomic E-state index is -0.598. The zero-order valence-electron chi connectivity index (χ0n) is 26.5. The predicted octanol–water partition coefficient (Wildman–Crippen LogP) is 6.13. The summed E-state index contributed by atoms with van der Waals surface area (Å²) >= 11 is 13.4. The molecule has 47 heavy (non-hydrogen) atoms. The highest BCUT2D eigenvalue weighted by molar-refractivity contribution is 6.40. The number of carbonyl (C=O) groups is 2. The van der Waals surface area contributed by atoms with E-state index >= 15 is 4.39 Å². The molecule has 3 fully saturated rings. The standard InChI is InChI=1S/C35H37Cl2FN4O5/c1-19-14-41(20(2)13-39-19)24-9-28(36)32(29(37)10-24)34(43)40-15-21-5-4-6-25(33(21)47-18-40)26-12-31(27(11-30(26)38)35(44)45-3)42-22-7-8-23(42)17-46-16-22/h4-6,9-12,19-20,22-23,39H,7-8,13-18H2,1-3H3. The van der Waals surface area contributed by atoms with E-state index in [0.717, 1.165) is 31.6 Å². The van der Waals surface area contributed by atoms with E-state index in [1.807, 2.05) is 12.1 Å². The van der Waals surface area contributed by atoms with Crippen LogP contribution in [0.25, 0.3) is 11.1 Å². The molecule has 4 atom stereocenters. The summed E-state index contributed by atoms with van der Waals surface area (Å²) < 4.78 is 32.9. The Labute approximate surface area is 283 Å². The third-order valence-electron chi connectivity index (χ3n) is 9.75. The molecule has 1 N–H and O–H groups in total. The Kier molecular flexibility index (Phi) is 8.72. The number of piperazine rings is 1. The molecule has 248 valence electrons. The molecule has 3 aromatic carbocycles. The third-order valence-corrected chi connectivity index (χ3v) is 10.3. The summed E-state index contributed by atoms with van der Waals surface area (Å²) in [5.74, 6) is -1.05. The molecular weight excluding hydrogens is 646 g/mol. The van der Waals surface area contributed by atoms with Crippen LogP contribution in [0.2, 0.25) is 10.0 Å². The van der Waals surface area contributed by atoms with Gasteiger partial charge in [0.15, 0.2) is 6.73 Å². The first kappa shape index (κ1) is 32.0. The lowest BCUT2D eigenvalue weighted by molar-refractivity contribution is 0.0515. The number of ether oxygens (including phenoxy) is 3. The van der Waals surface area contributed by atoms with E-state index in [9.17, 15) is 9.59 Å². The van der Waals surface area contributed by atoms with E-state index in [1.165, 1.54) is 18.1 Å². The van der Waals surface area contributed by atoms with Crippen molar-refractivity contribution >= 4 is 46.5 Å². The number of methoxy groups -OCH3 is 1. The van der Waals surface area contributed by atoms with Gasteiger partial charge in [-0.05, 0) is 51.0 Å². The number of hydrogen-bond acceptors (Lipinski definition) is 8. The van der Waals surface area contributed by atoms with E-state index in [-0.39, 0.29) is 58.5 Å². The second-order valence-electron chi connectivity index (χ2n) is 12.8. The van der Waals surface area contributed by atoms with Gasteiger partial charge >= 0.3 is 5.97 Å². The fraction of sp³-hybridized carbons (Fsp3) is 0.429. The minimum Gasteiger partial charge on any atom is -0.472 e. The predicted molar refractivity (Wildman–Crippen MR) is 179 cm³/mol. The maximum atomic E-state index is 15.9. The molecule has 12 heteroatoms. The van der Waals surface area contributed by atoms with Gasteiger partial charge in [-0.2, -0.15) is 0 Å². The number of hydrogen-bond donors (Lipinski definition) is 1. The Bertz CT molecular complexity index is 1700. The summed E-state index contributed by atoms with van der Waals surface area (Å²) in [5, 5.41) is 4.01. The number of amides is 1. The van der Waals surface area contributed by atoms with E-state index in [1.54, 1.807) is 24.3 Å². The van der Waals surface area contributed by atoms with Crippen LogP contribution in [0.15, 0.2) is 42.5 Å². The van der Waals surface area contributed by atoms with Crippen LogP contribution in [0, 0.1) is 5.82 Å². The third kappa shape index (κ3) is 5.79. The fourth-order valence-electron chi connectivity index (χ4n) is 7.36. The molecule has 0 saturated carbocycles. The van der Waals surface area contributed by atoms with E-state index in [4.69, 9.17) is 37.4 Å². The largest absolute Gasteiger partial charge is 0.472 e. The quantitative estimate of drug-likeness (QED) is 0.322. The summed E-state index contributed by atoms with van der Waals surface area (Å²) in [6, 6.07) is 12.7. The highest BCUT2D eigenvalue weighted by atomic mass is 35.5. The Morgan fingerprint density at radius 3 is 2.45 bits per heavy atom. The first-order valence-corrected chi connectivity index (χ1v) is 16.7. The molecule has 1 amide bonds.